The van der Waals surface area contributed by atoms with Crippen LogP contribution in [0.5, 0.6) is 0 Å². The standard InChI is InChI=1S/C18H21NO4/c1-3-13-11-16(23-15(13)4-2)17(20)19-14(18(21)22)10-12-8-6-5-7-9-12/h5-9,11,14H,3-4,10H2,1-2H3,(H,19,20)(H,21,22)/t14-/m1/s1. The van der Waals surface area contributed by atoms with Crippen molar-refractivity contribution in [1.29, 1.82) is 0 Å². The van der Waals surface area contributed by atoms with E-state index in [0.717, 1.165) is 23.3 Å². The van der Waals surface area contributed by atoms with E-state index >= 15 is 0 Å². The molecule has 2 rings (SSSR count). The molecule has 0 aliphatic carbocycles. The molecule has 0 fully saturated rings. The summed E-state index contributed by atoms with van der Waals surface area (Å²) in [6, 6.07) is 9.89. The second-order valence-electron chi connectivity index (χ2n) is 5.32. The number of benzene rings is 1. The molecule has 2 N–H and O–H groups in total. The van der Waals surface area contributed by atoms with Crippen LogP contribution in [0.1, 0.15) is 41.3 Å². The summed E-state index contributed by atoms with van der Waals surface area (Å²) < 4.78 is 5.54. The second kappa shape index (κ2) is 7.63. The van der Waals surface area contributed by atoms with Crippen molar-refractivity contribution in [2.75, 3.05) is 0 Å². The molecule has 0 aliphatic heterocycles. The predicted octanol–water partition coefficient (Wildman–Crippen LogP) is 2.83. The highest BCUT2D eigenvalue weighted by Crippen LogP contribution is 2.17. The van der Waals surface area contributed by atoms with Crippen LogP contribution >= 0.6 is 0 Å². The SMILES string of the molecule is CCc1cc(C(=O)N[C@H](Cc2ccccc2)C(=O)O)oc1CC. The van der Waals surface area contributed by atoms with Crippen molar-refractivity contribution in [3.8, 4) is 0 Å². The van der Waals surface area contributed by atoms with Gasteiger partial charge in [0.15, 0.2) is 5.76 Å². The van der Waals surface area contributed by atoms with E-state index in [1.54, 1.807) is 6.07 Å². The summed E-state index contributed by atoms with van der Waals surface area (Å²) in [6.45, 7) is 3.94. The lowest BCUT2D eigenvalue weighted by molar-refractivity contribution is -0.139. The first-order chi connectivity index (χ1) is 11.0. The summed E-state index contributed by atoms with van der Waals surface area (Å²) in [6.07, 6.45) is 1.69. The van der Waals surface area contributed by atoms with Crippen LogP contribution in [-0.4, -0.2) is 23.0 Å². The number of rotatable bonds is 7. The largest absolute Gasteiger partial charge is 0.480 e. The van der Waals surface area contributed by atoms with Gasteiger partial charge >= 0.3 is 5.97 Å². The van der Waals surface area contributed by atoms with Crippen LogP contribution in [0.3, 0.4) is 0 Å². The van der Waals surface area contributed by atoms with E-state index in [9.17, 15) is 14.7 Å². The molecule has 0 unspecified atom stereocenters. The molecule has 1 amide bonds. The molecular weight excluding hydrogens is 294 g/mol. The van der Waals surface area contributed by atoms with Crippen LogP contribution in [-0.2, 0) is 24.1 Å². The molecule has 5 heteroatoms. The minimum Gasteiger partial charge on any atom is -0.480 e. The first kappa shape index (κ1) is 16.8. The lowest BCUT2D eigenvalue weighted by Crippen LogP contribution is -2.42. The number of carboxylic acid groups (broad SMARTS) is 1. The van der Waals surface area contributed by atoms with Crippen LogP contribution in [0.2, 0.25) is 0 Å². The number of amides is 1. The minimum absolute atomic E-state index is 0.165. The summed E-state index contributed by atoms with van der Waals surface area (Å²) in [5.41, 5.74) is 1.83. The molecule has 0 saturated carbocycles. The number of carbonyl (C=O) groups excluding carboxylic acids is 1. The zero-order valence-corrected chi connectivity index (χ0v) is 13.3. The first-order valence-corrected chi connectivity index (χ1v) is 7.74. The van der Waals surface area contributed by atoms with Crippen molar-refractivity contribution in [3.05, 3.63) is 59.0 Å². The van der Waals surface area contributed by atoms with Gasteiger partial charge in [-0.1, -0.05) is 44.2 Å². The van der Waals surface area contributed by atoms with Gasteiger partial charge in [-0.2, -0.15) is 0 Å². The highest BCUT2D eigenvalue weighted by Gasteiger charge is 2.23. The smallest absolute Gasteiger partial charge is 0.326 e. The predicted molar refractivity (Wildman–Crippen MR) is 86.5 cm³/mol. The van der Waals surface area contributed by atoms with Crippen molar-refractivity contribution in [2.24, 2.45) is 0 Å². The number of aryl methyl sites for hydroxylation is 2. The highest BCUT2D eigenvalue weighted by atomic mass is 16.4. The third-order valence-corrected chi connectivity index (χ3v) is 3.71. The molecule has 5 nitrogen and oxygen atoms in total. The molecule has 0 saturated heterocycles. The Labute approximate surface area is 135 Å². The molecular formula is C18H21NO4. The maximum atomic E-state index is 12.3. The second-order valence-corrected chi connectivity index (χ2v) is 5.32. The van der Waals surface area contributed by atoms with Gasteiger partial charge in [0, 0.05) is 12.8 Å². The molecule has 1 atom stereocenters. The van der Waals surface area contributed by atoms with E-state index in [4.69, 9.17) is 4.42 Å². The maximum absolute atomic E-state index is 12.3. The third kappa shape index (κ3) is 4.22. The number of aliphatic carboxylic acids is 1. The molecule has 0 aliphatic rings. The van der Waals surface area contributed by atoms with Crippen LogP contribution in [0.4, 0.5) is 0 Å². The van der Waals surface area contributed by atoms with E-state index in [-0.39, 0.29) is 12.2 Å². The number of furan rings is 1. The van der Waals surface area contributed by atoms with Crippen molar-refractivity contribution in [3.63, 3.8) is 0 Å². The maximum Gasteiger partial charge on any atom is 0.326 e. The Bertz CT molecular complexity index is 654. The fourth-order valence-electron chi connectivity index (χ4n) is 2.46. The fraction of sp³-hybridized carbons (Fsp3) is 0.333. The third-order valence-electron chi connectivity index (χ3n) is 3.71. The summed E-state index contributed by atoms with van der Waals surface area (Å²) >= 11 is 0. The van der Waals surface area contributed by atoms with Gasteiger partial charge in [-0.05, 0) is 23.6 Å². The van der Waals surface area contributed by atoms with Crippen LogP contribution in [0, 0.1) is 0 Å². The zero-order chi connectivity index (χ0) is 16.8. The van der Waals surface area contributed by atoms with Crippen LogP contribution in [0.15, 0.2) is 40.8 Å². The Morgan fingerprint density at radius 1 is 1.17 bits per heavy atom. The number of hydrogen-bond donors (Lipinski definition) is 2. The number of carboxylic acids is 1. The van der Waals surface area contributed by atoms with Crippen molar-refractivity contribution in [1.82, 2.24) is 5.32 Å². The van der Waals surface area contributed by atoms with Gasteiger partial charge in [0.1, 0.15) is 11.8 Å². The zero-order valence-electron chi connectivity index (χ0n) is 13.3. The normalized spacial score (nSPS) is 11.9. The molecule has 0 radical (unpaired) electrons. The monoisotopic (exact) mass is 315 g/mol. The van der Waals surface area contributed by atoms with E-state index in [0.29, 0.717) is 6.42 Å². The molecule has 2 aromatic rings. The molecule has 0 bridgehead atoms. The van der Waals surface area contributed by atoms with Gasteiger partial charge in [0.25, 0.3) is 5.91 Å². The summed E-state index contributed by atoms with van der Waals surface area (Å²) in [5, 5.41) is 11.9. The topological polar surface area (TPSA) is 79.5 Å². The Kier molecular flexibility index (Phi) is 5.57. The highest BCUT2D eigenvalue weighted by molar-refractivity contribution is 5.94. The van der Waals surface area contributed by atoms with Crippen LogP contribution in [0.25, 0.3) is 0 Å². The van der Waals surface area contributed by atoms with Crippen molar-refractivity contribution >= 4 is 11.9 Å². The molecule has 1 heterocycles. The molecule has 122 valence electrons. The van der Waals surface area contributed by atoms with Crippen molar-refractivity contribution in [2.45, 2.75) is 39.2 Å². The van der Waals surface area contributed by atoms with Gasteiger partial charge < -0.3 is 14.8 Å². The molecule has 1 aromatic carbocycles. The van der Waals surface area contributed by atoms with E-state index in [1.807, 2.05) is 44.2 Å². The van der Waals surface area contributed by atoms with E-state index in [2.05, 4.69) is 5.32 Å². The summed E-state index contributed by atoms with van der Waals surface area (Å²) in [4.78, 5) is 23.7. The fourth-order valence-corrected chi connectivity index (χ4v) is 2.46. The lowest BCUT2D eigenvalue weighted by atomic mass is 10.1. The van der Waals surface area contributed by atoms with Gasteiger partial charge in [-0.3, -0.25) is 4.79 Å². The Morgan fingerprint density at radius 2 is 1.87 bits per heavy atom. The van der Waals surface area contributed by atoms with Gasteiger partial charge in [0.2, 0.25) is 0 Å². The minimum atomic E-state index is -1.07. The molecule has 1 aromatic heterocycles. The van der Waals surface area contributed by atoms with Gasteiger partial charge in [-0.25, -0.2) is 4.79 Å². The Morgan fingerprint density at radius 3 is 2.39 bits per heavy atom. The number of hydrogen-bond acceptors (Lipinski definition) is 3. The van der Waals surface area contributed by atoms with Crippen LogP contribution < -0.4 is 5.32 Å². The first-order valence-electron chi connectivity index (χ1n) is 7.74. The average molecular weight is 315 g/mol. The van der Waals surface area contributed by atoms with E-state index in [1.165, 1.54) is 0 Å². The van der Waals surface area contributed by atoms with Gasteiger partial charge in [-0.15, -0.1) is 0 Å². The Hall–Kier alpha value is -2.56. The summed E-state index contributed by atoms with van der Waals surface area (Å²) in [5.74, 6) is -0.631. The van der Waals surface area contributed by atoms with Gasteiger partial charge in [0.05, 0.1) is 0 Å². The quantitative estimate of drug-likeness (QED) is 0.823. The molecule has 23 heavy (non-hydrogen) atoms. The molecule has 0 spiro atoms. The Balaban J connectivity index is 2.12. The van der Waals surface area contributed by atoms with Crippen molar-refractivity contribution < 1.29 is 19.1 Å². The van der Waals surface area contributed by atoms with E-state index < -0.39 is 17.9 Å². The summed E-state index contributed by atoms with van der Waals surface area (Å²) in [7, 11) is 0. The average Bonchev–Trinajstić information content (AvgIpc) is 2.98. The lowest BCUT2D eigenvalue weighted by Gasteiger charge is -2.13. The number of nitrogens with one attached hydrogen (secondary N) is 1. The number of carbonyl (C=O) groups is 2.